The number of carbonyl (C=O) groups is 1. The van der Waals surface area contributed by atoms with E-state index in [1.54, 1.807) is 0 Å². The van der Waals surface area contributed by atoms with Gasteiger partial charge in [-0.3, -0.25) is 4.79 Å². The molecule has 4 atom stereocenters. The second kappa shape index (κ2) is 7.28. The Labute approximate surface area is 118 Å². The maximum atomic E-state index is 12.2. The minimum atomic E-state index is -0.356. The second-order valence-electron chi connectivity index (χ2n) is 7.18. The third kappa shape index (κ3) is 5.13. The van der Waals surface area contributed by atoms with Crippen LogP contribution in [0.15, 0.2) is 0 Å². The van der Waals surface area contributed by atoms with Crippen LogP contribution in [0, 0.1) is 23.7 Å². The minimum absolute atomic E-state index is 0.0402. The van der Waals surface area contributed by atoms with Crippen LogP contribution in [-0.4, -0.2) is 18.0 Å². The number of hydrogen-bond donors (Lipinski definition) is 2. The van der Waals surface area contributed by atoms with Gasteiger partial charge in [-0.1, -0.05) is 41.0 Å². The average molecular weight is 268 g/mol. The van der Waals surface area contributed by atoms with Crippen LogP contribution in [0.2, 0.25) is 0 Å². The van der Waals surface area contributed by atoms with Crippen LogP contribution in [0.1, 0.15) is 60.3 Å². The summed E-state index contributed by atoms with van der Waals surface area (Å²) in [4.78, 5) is 12.2. The molecule has 1 aliphatic carbocycles. The first-order chi connectivity index (χ1) is 8.81. The molecule has 1 saturated carbocycles. The van der Waals surface area contributed by atoms with Gasteiger partial charge in [-0.25, -0.2) is 0 Å². The molecule has 1 aliphatic rings. The summed E-state index contributed by atoms with van der Waals surface area (Å²) in [6, 6.07) is -0.0421. The van der Waals surface area contributed by atoms with E-state index in [0.717, 1.165) is 12.8 Å². The van der Waals surface area contributed by atoms with Gasteiger partial charge in [0.15, 0.2) is 0 Å². The number of carbonyl (C=O) groups excluding carboxylic acids is 1. The molecular formula is C16H32N2O. The lowest BCUT2D eigenvalue weighted by Crippen LogP contribution is -2.51. The number of amides is 1. The number of nitrogens with one attached hydrogen (secondary N) is 1. The Morgan fingerprint density at radius 3 is 2.42 bits per heavy atom. The molecule has 0 radical (unpaired) electrons. The van der Waals surface area contributed by atoms with Gasteiger partial charge in [0.25, 0.3) is 0 Å². The summed E-state index contributed by atoms with van der Waals surface area (Å²) in [5.74, 6) is 2.44. The lowest BCUT2D eigenvalue weighted by molar-refractivity contribution is -0.124. The zero-order chi connectivity index (χ0) is 14.6. The summed E-state index contributed by atoms with van der Waals surface area (Å²) in [5, 5.41) is 3.22. The number of nitrogens with two attached hydrogens (primary N) is 1. The van der Waals surface area contributed by atoms with E-state index in [2.05, 4.69) is 39.9 Å². The van der Waals surface area contributed by atoms with E-state index in [-0.39, 0.29) is 11.9 Å². The first kappa shape index (κ1) is 16.5. The van der Waals surface area contributed by atoms with Gasteiger partial charge in [0.05, 0.1) is 6.04 Å². The molecule has 3 N–H and O–H groups in total. The topological polar surface area (TPSA) is 55.1 Å². The molecule has 0 bridgehead atoms. The quantitative estimate of drug-likeness (QED) is 0.805. The molecule has 0 aromatic heterocycles. The van der Waals surface area contributed by atoms with E-state index in [9.17, 15) is 4.79 Å². The van der Waals surface area contributed by atoms with Gasteiger partial charge >= 0.3 is 0 Å². The van der Waals surface area contributed by atoms with Crippen LogP contribution in [0.5, 0.6) is 0 Å². The molecule has 0 aromatic carbocycles. The van der Waals surface area contributed by atoms with Crippen molar-refractivity contribution in [3.8, 4) is 0 Å². The fraction of sp³-hybridized carbons (Fsp3) is 0.938. The number of rotatable bonds is 5. The van der Waals surface area contributed by atoms with Crippen LogP contribution in [0.3, 0.4) is 0 Å². The fourth-order valence-electron chi connectivity index (χ4n) is 3.27. The molecule has 19 heavy (non-hydrogen) atoms. The molecule has 3 nitrogen and oxygen atoms in total. The van der Waals surface area contributed by atoms with Crippen LogP contribution in [-0.2, 0) is 4.79 Å². The Bertz CT molecular complexity index is 288. The van der Waals surface area contributed by atoms with Crippen LogP contribution >= 0.6 is 0 Å². The van der Waals surface area contributed by atoms with Crippen molar-refractivity contribution in [3.05, 3.63) is 0 Å². The van der Waals surface area contributed by atoms with Crippen molar-refractivity contribution in [2.24, 2.45) is 29.4 Å². The van der Waals surface area contributed by atoms with E-state index < -0.39 is 0 Å². The van der Waals surface area contributed by atoms with E-state index in [0.29, 0.717) is 29.7 Å². The van der Waals surface area contributed by atoms with Gasteiger partial charge in [-0.05, 0) is 42.9 Å². The van der Waals surface area contributed by atoms with Gasteiger partial charge in [-0.15, -0.1) is 0 Å². The standard InChI is InChI=1S/C16H32N2O/c1-10(2)8-14(17)16(19)18-15-9-12(5)6-7-13(15)11(3)4/h10-15H,6-9,17H2,1-5H3,(H,18,19)/t12?,13?,14-,15?/m1/s1. The highest BCUT2D eigenvalue weighted by Crippen LogP contribution is 2.33. The van der Waals surface area contributed by atoms with Gasteiger partial charge in [0.2, 0.25) is 5.91 Å². The normalized spacial score (nSPS) is 29.6. The molecule has 1 amide bonds. The highest BCUT2D eigenvalue weighted by atomic mass is 16.2. The Kier molecular flexibility index (Phi) is 6.31. The van der Waals surface area contributed by atoms with E-state index in [4.69, 9.17) is 5.73 Å². The molecule has 3 heteroatoms. The minimum Gasteiger partial charge on any atom is -0.352 e. The van der Waals surface area contributed by atoms with E-state index in [1.807, 2.05) is 0 Å². The first-order valence-electron chi connectivity index (χ1n) is 7.87. The molecule has 1 fully saturated rings. The molecule has 0 aromatic rings. The van der Waals surface area contributed by atoms with Crippen molar-refractivity contribution in [1.82, 2.24) is 5.32 Å². The van der Waals surface area contributed by atoms with Crippen molar-refractivity contribution in [1.29, 1.82) is 0 Å². The molecule has 0 saturated heterocycles. The molecule has 112 valence electrons. The lowest BCUT2D eigenvalue weighted by Gasteiger charge is -2.38. The Morgan fingerprint density at radius 1 is 1.26 bits per heavy atom. The van der Waals surface area contributed by atoms with E-state index in [1.165, 1.54) is 12.8 Å². The Hall–Kier alpha value is -0.570. The molecule has 0 heterocycles. The van der Waals surface area contributed by atoms with Gasteiger partial charge in [0.1, 0.15) is 0 Å². The predicted molar refractivity (Wildman–Crippen MR) is 80.7 cm³/mol. The number of hydrogen-bond acceptors (Lipinski definition) is 2. The molecule has 1 rings (SSSR count). The van der Waals surface area contributed by atoms with Crippen molar-refractivity contribution < 1.29 is 4.79 Å². The predicted octanol–water partition coefficient (Wildman–Crippen LogP) is 2.94. The molecular weight excluding hydrogens is 236 g/mol. The second-order valence-corrected chi connectivity index (χ2v) is 7.18. The molecule has 0 aliphatic heterocycles. The summed E-state index contributed by atoms with van der Waals surface area (Å²) >= 11 is 0. The first-order valence-corrected chi connectivity index (χ1v) is 7.87. The summed E-state index contributed by atoms with van der Waals surface area (Å²) in [6.45, 7) is 11.0. The molecule has 3 unspecified atom stereocenters. The van der Waals surface area contributed by atoms with Crippen molar-refractivity contribution in [3.63, 3.8) is 0 Å². The van der Waals surface area contributed by atoms with Crippen LogP contribution < -0.4 is 11.1 Å². The van der Waals surface area contributed by atoms with Crippen molar-refractivity contribution in [2.45, 2.75) is 72.4 Å². The monoisotopic (exact) mass is 268 g/mol. The van der Waals surface area contributed by atoms with Crippen LogP contribution in [0.25, 0.3) is 0 Å². The smallest absolute Gasteiger partial charge is 0.237 e. The summed E-state index contributed by atoms with van der Waals surface area (Å²) < 4.78 is 0. The maximum absolute atomic E-state index is 12.2. The summed E-state index contributed by atoms with van der Waals surface area (Å²) in [5.41, 5.74) is 5.98. The average Bonchev–Trinajstić information content (AvgIpc) is 2.27. The fourth-order valence-corrected chi connectivity index (χ4v) is 3.27. The third-order valence-electron chi connectivity index (χ3n) is 4.41. The summed E-state index contributed by atoms with van der Waals surface area (Å²) in [7, 11) is 0. The zero-order valence-corrected chi connectivity index (χ0v) is 13.3. The molecule has 0 spiro atoms. The summed E-state index contributed by atoms with van der Waals surface area (Å²) in [6.07, 6.45) is 4.37. The van der Waals surface area contributed by atoms with E-state index >= 15 is 0 Å². The largest absolute Gasteiger partial charge is 0.352 e. The lowest BCUT2D eigenvalue weighted by atomic mass is 9.74. The third-order valence-corrected chi connectivity index (χ3v) is 4.41. The zero-order valence-electron chi connectivity index (χ0n) is 13.3. The van der Waals surface area contributed by atoms with Gasteiger partial charge < -0.3 is 11.1 Å². The van der Waals surface area contributed by atoms with Gasteiger partial charge in [-0.2, -0.15) is 0 Å². The Morgan fingerprint density at radius 2 is 1.89 bits per heavy atom. The van der Waals surface area contributed by atoms with Crippen LogP contribution in [0.4, 0.5) is 0 Å². The highest BCUT2D eigenvalue weighted by molar-refractivity contribution is 5.81. The van der Waals surface area contributed by atoms with Crippen molar-refractivity contribution in [2.75, 3.05) is 0 Å². The Balaban J connectivity index is 2.58. The van der Waals surface area contributed by atoms with Gasteiger partial charge in [0, 0.05) is 6.04 Å². The highest BCUT2D eigenvalue weighted by Gasteiger charge is 2.32. The SMILES string of the molecule is CC(C)C[C@@H](N)C(=O)NC1CC(C)CCC1C(C)C. The maximum Gasteiger partial charge on any atom is 0.237 e. The van der Waals surface area contributed by atoms with Crippen molar-refractivity contribution >= 4 is 5.91 Å².